The number of aryl methyl sites for hydroxylation is 2. The highest BCUT2D eigenvalue weighted by atomic mass is 16.4. The van der Waals surface area contributed by atoms with E-state index in [1.165, 1.54) is 0 Å². The van der Waals surface area contributed by atoms with Crippen LogP contribution in [0.1, 0.15) is 36.6 Å². The minimum atomic E-state index is -0.902. The third kappa shape index (κ3) is 3.97. The molecule has 0 saturated heterocycles. The van der Waals surface area contributed by atoms with Gasteiger partial charge in [0.15, 0.2) is 0 Å². The number of nitrogens with zero attached hydrogens (tertiary/aromatic N) is 1. The molecule has 20 heavy (non-hydrogen) atoms. The van der Waals surface area contributed by atoms with E-state index in [9.17, 15) is 9.59 Å². The molecule has 2 amide bonds. The summed E-state index contributed by atoms with van der Waals surface area (Å²) in [5.74, 6) is 0.546. The molecule has 7 nitrogen and oxygen atoms in total. The van der Waals surface area contributed by atoms with E-state index in [-0.39, 0.29) is 24.9 Å². The first-order chi connectivity index (χ1) is 9.45. The summed E-state index contributed by atoms with van der Waals surface area (Å²) in [7, 11) is 0. The number of aliphatic carboxylic acids is 1. The van der Waals surface area contributed by atoms with E-state index in [0.29, 0.717) is 5.89 Å². The summed E-state index contributed by atoms with van der Waals surface area (Å²) in [5.41, 5.74) is 0.795. The van der Waals surface area contributed by atoms with Crippen LogP contribution in [0.3, 0.4) is 0 Å². The van der Waals surface area contributed by atoms with Gasteiger partial charge in [-0.3, -0.25) is 4.79 Å². The van der Waals surface area contributed by atoms with Gasteiger partial charge in [0.1, 0.15) is 5.76 Å². The van der Waals surface area contributed by atoms with Gasteiger partial charge in [0.2, 0.25) is 5.89 Å². The highest BCUT2D eigenvalue weighted by molar-refractivity contribution is 5.75. The number of nitrogens with one attached hydrogen (secondary N) is 2. The molecule has 1 heterocycles. The number of hydrogen-bond acceptors (Lipinski definition) is 4. The Balaban J connectivity index is 1.80. The Morgan fingerprint density at radius 3 is 2.65 bits per heavy atom. The molecule has 1 fully saturated rings. The van der Waals surface area contributed by atoms with Gasteiger partial charge < -0.3 is 20.2 Å². The molecule has 0 spiro atoms. The highest BCUT2D eigenvalue weighted by Crippen LogP contribution is 2.33. The monoisotopic (exact) mass is 281 g/mol. The van der Waals surface area contributed by atoms with E-state index in [1.807, 2.05) is 13.8 Å². The number of oxazole rings is 1. The van der Waals surface area contributed by atoms with Crippen LogP contribution in [0, 0.1) is 19.8 Å². The Morgan fingerprint density at radius 1 is 1.45 bits per heavy atom. The zero-order chi connectivity index (χ0) is 14.7. The lowest BCUT2D eigenvalue weighted by atomic mass is 10.1. The van der Waals surface area contributed by atoms with Crippen LogP contribution in [-0.4, -0.2) is 28.1 Å². The van der Waals surface area contributed by atoms with Crippen molar-refractivity contribution in [2.45, 2.75) is 45.7 Å². The topological polar surface area (TPSA) is 104 Å². The number of urea groups is 1. The van der Waals surface area contributed by atoms with Crippen LogP contribution in [0.5, 0.6) is 0 Å². The Bertz CT molecular complexity index is 488. The van der Waals surface area contributed by atoms with Crippen LogP contribution in [0.4, 0.5) is 4.79 Å². The van der Waals surface area contributed by atoms with Crippen molar-refractivity contribution < 1.29 is 19.1 Å². The highest BCUT2D eigenvalue weighted by Gasteiger charge is 2.33. The summed E-state index contributed by atoms with van der Waals surface area (Å²) >= 11 is 0. The molecular weight excluding hydrogens is 262 g/mol. The maximum Gasteiger partial charge on any atom is 0.315 e. The minimum Gasteiger partial charge on any atom is -0.481 e. The zero-order valence-electron chi connectivity index (χ0n) is 11.6. The van der Waals surface area contributed by atoms with Crippen LogP contribution in [0.25, 0.3) is 0 Å². The van der Waals surface area contributed by atoms with Gasteiger partial charge in [-0.2, -0.15) is 0 Å². The second kappa shape index (κ2) is 5.94. The largest absolute Gasteiger partial charge is 0.481 e. The van der Waals surface area contributed by atoms with Gasteiger partial charge in [0.25, 0.3) is 0 Å². The maximum absolute atomic E-state index is 11.7. The van der Waals surface area contributed by atoms with Crippen LogP contribution in [0.2, 0.25) is 0 Å². The third-order valence-electron chi connectivity index (χ3n) is 3.38. The van der Waals surface area contributed by atoms with Crippen molar-refractivity contribution in [1.82, 2.24) is 15.6 Å². The SMILES string of the molecule is Cc1nc(CNC(=O)NC(CC(=O)O)C2CC2)oc1C. The number of amides is 2. The molecule has 0 bridgehead atoms. The molecule has 1 aliphatic rings. The summed E-state index contributed by atoms with van der Waals surface area (Å²) in [6.45, 7) is 3.82. The molecular formula is C13H19N3O4. The summed E-state index contributed by atoms with van der Waals surface area (Å²) in [6, 6.07) is -0.697. The van der Waals surface area contributed by atoms with Gasteiger partial charge in [0, 0.05) is 6.04 Å². The van der Waals surface area contributed by atoms with Crippen LogP contribution < -0.4 is 10.6 Å². The first-order valence-corrected chi connectivity index (χ1v) is 6.64. The average molecular weight is 281 g/mol. The van der Waals surface area contributed by atoms with Gasteiger partial charge in [0.05, 0.1) is 18.7 Å². The van der Waals surface area contributed by atoms with Crippen LogP contribution in [-0.2, 0) is 11.3 Å². The molecule has 7 heteroatoms. The zero-order valence-corrected chi connectivity index (χ0v) is 11.6. The number of carbonyl (C=O) groups is 2. The average Bonchev–Trinajstić information content (AvgIpc) is 3.14. The summed E-state index contributed by atoms with van der Waals surface area (Å²) in [5, 5.41) is 14.1. The normalized spacial score (nSPS) is 15.7. The van der Waals surface area contributed by atoms with Crippen LogP contribution in [0.15, 0.2) is 4.42 Å². The first-order valence-electron chi connectivity index (χ1n) is 6.64. The van der Waals surface area contributed by atoms with E-state index in [4.69, 9.17) is 9.52 Å². The molecule has 1 atom stereocenters. The van der Waals surface area contributed by atoms with E-state index in [2.05, 4.69) is 15.6 Å². The number of aromatic nitrogens is 1. The molecule has 0 aliphatic heterocycles. The fourth-order valence-electron chi connectivity index (χ4n) is 2.01. The summed E-state index contributed by atoms with van der Waals surface area (Å²) < 4.78 is 5.35. The molecule has 3 N–H and O–H groups in total. The van der Waals surface area contributed by atoms with Crippen LogP contribution >= 0.6 is 0 Å². The predicted octanol–water partition coefficient (Wildman–Crippen LogP) is 1.34. The molecule has 1 aliphatic carbocycles. The fourth-order valence-corrected chi connectivity index (χ4v) is 2.01. The van der Waals surface area contributed by atoms with Gasteiger partial charge in [-0.05, 0) is 32.6 Å². The van der Waals surface area contributed by atoms with Crippen molar-refractivity contribution in [3.05, 3.63) is 17.3 Å². The molecule has 110 valence electrons. The second-order valence-electron chi connectivity index (χ2n) is 5.12. The summed E-state index contributed by atoms with van der Waals surface area (Å²) in [6.07, 6.45) is 1.89. The molecule has 1 aromatic heterocycles. The lowest BCUT2D eigenvalue weighted by Gasteiger charge is -2.16. The van der Waals surface area contributed by atoms with E-state index >= 15 is 0 Å². The molecule has 0 aromatic carbocycles. The fraction of sp³-hybridized carbons (Fsp3) is 0.615. The van der Waals surface area contributed by atoms with Crippen molar-refractivity contribution in [3.63, 3.8) is 0 Å². The maximum atomic E-state index is 11.7. The quantitative estimate of drug-likeness (QED) is 0.730. The number of rotatable bonds is 6. The molecule has 0 radical (unpaired) electrons. The van der Waals surface area contributed by atoms with Crippen molar-refractivity contribution in [2.24, 2.45) is 5.92 Å². The Kier molecular flexibility index (Phi) is 4.26. The number of carboxylic acid groups (broad SMARTS) is 1. The van der Waals surface area contributed by atoms with Gasteiger partial charge in [-0.25, -0.2) is 9.78 Å². The smallest absolute Gasteiger partial charge is 0.315 e. The molecule has 2 rings (SSSR count). The van der Waals surface area contributed by atoms with E-state index in [0.717, 1.165) is 24.3 Å². The Hall–Kier alpha value is -2.05. The van der Waals surface area contributed by atoms with Crippen molar-refractivity contribution in [2.75, 3.05) is 0 Å². The van der Waals surface area contributed by atoms with Crippen molar-refractivity contribution >= 4 is 12.0 Å². The molecule has 1 saturated carbocycles. The van der Waals surface area contributed by atoms with E-state index in [1.54, 1.807) is 0 Å². The second-order valence-corrected chi connectivity index (χ2v) is 5.12. The van der Waals surface area contributed by atoms with E-state index < -0.39 is 12.0 Å². The number of carboxylic acids is 1. The first kappa shape index (κ1) is 14.4. The van der Waals surface area contributed by atoms with Crippen molar-refractivity contribution in [1.29, 1.82) is 0 Å². The predicted molar refractivity (Wildman–Crippen MR) is 70.1 cm³/mol. The summed E-state index contributed by atoms with van der Waals surface area (Å²) in [4.78, 5) is 26.6. The third-order valence-corrected chi connectivity index (χ3v) is 3.38. The lowest BCUT2D eigenvalue weighted by Crippen LogP contribution is -2.43. The standard InChI is InChI=1S/C13H19N3O4/c1-7-8(2)20-11(15-7)6-14-13(19)16-10(5-12(17)18)9-3-4-9/h9-10H,3-6H2,1-2H3,(H,17,18)(H2,14,16,19). The van der Waals surface area contributed by atoms with Gasteiger partial charge in [-0.15, -0.1) is 0 Å². The Morgan fingerprint density at radius 2 is 2.15 bits per heavy atom. The van der Waals surface area contributed by atoms with Gasteiger partial charge in [-0.1, -0.05) is 0 Å². The number of hydrogen-bond donors (Lipinski definition) is 3. The van der Waals surface area contributed by atoms with Crippen molar-refractivity contribution in [3.8, 4) is 0 Å². The lowest BCUT2D eigenvalue weighted by molar-refractivity contribution is -0.137. The van der Waals surface area contributed by atoms with Gasteiger partial charge >= 0.3 is 12.0 Å². The minimum absolute atomic E-state index is 0.0463. The molecule has 1 aromatic rings. The number of carbonyl (C=O) groups excluding carboxylic acids is 1. The Labute approximate surface area is 116 Å². The molecule has 1 unspecified atom stereocenters.